The quantitative estimate of drug-likeness (QED) is 0.597. The molecule has 1 saturated carbocycles. The van der Waals surface area contributed by atoms with Crippen LogP contribution in [0.3, 0.4) is 0 Å². The fourth-order valence-corrected chi connectivity index (χ4v) is 1.67. The lowest BCUT2D eigenvalue weighted by atomic mass is 10.3. The van der Waals surface area contributed by atoms with Gasteiger partial charge in [-0.05, 0) is 25.7 Å². The summed E-state index contributed by atoms with van der Waals surface area (Å²) in [6.07, 6.45) is 5.29. The first-order valence-electron chi connectivity index (χ1n) is 4.70. The van der Waals surface area contributed by atoms with Gasteiger partial charge in [-0.15, -0.1) is 0 Å². The van der Waals surface area contributed by atoms with E-state index in [1.807, 2.05) is 0 Å². The zero-order valence-corrected chi connectivity index (χ0v) is 7.44. The number of hydrogen-bond acceptors (Lipinski definition) is 4. The third kappa shape index (κ3) is 1.99. The van der Waals surface area contributed by atoms with Gasteiger partial charge in [0.1, 0.15) is 6.10 Å². The molecule has 4 heteroatoms. The molecule has 0 N–H and O–H groups in total. The molecule has 1 aliphatic carbocycles. The van der Waals surface area contributed by atoms with Crippen LogP contribution in [0.25, 0.3) is 0 Å². The highest BCUT2D eigenvalue weighted by Gasteiger charge is 2.27. The number of carbonyl (C=O) groups excluding carboxylic acids is 1. The van der Waals surface area contributed by atoms with Crippen molar-refractivity contribution < 1.29 is 14.3 Å². The molecule has 0 aromatic rings. The zero-order valence-electron chi connectivity index (χ0n) is 7.44. The van der Waals surface area contributed by atoms with Gasteiger partial charge in [0.25, 0.3) is 0 Å². The van der Waals surface area contributed by atoms with Crippen LogP contribution < -0.4 is 0 Å². The second-order valence-corrected chi connectivity index (χ2v) is 3.44. The summed E-state index contributed by atoms with van der Waals surface area (Å²) in [6.45, 7) is 0.408. The lowest BCUT2D eigenvalue weighted by Crippen LogP contribution is -2.28. The zero-order chi connectivity index (χ0) is 9.10. The van der Waals surface area contributed by atoms with E-state index in [2.05, 4.69) is 4.99 Å². The number of esters is 1. The molecule has 2 rings (SSSR count). The minimum absolute atomic E-state index is 0.122. The Morgan fingerprint density at radius 1 is 1.46 bits per heavy atom. The molecule has 1 heterocycles. The predicted octanol–water partition coefficient (Wildman–Crippen LogP) is 0.899. The van der Waals surface area contributed by atoms with Crippen molar-refractivity contribution in [3.63, 3.8) is 0 Å². The summed E-state index contributed by atoms with van der Waals surface area (Å²) < 4.78 is 10.2. The largest absolute Gasteiger partial charge is 0.467 e. The van der Waals surface area contributed by atoms with E-state index in [4.69, 9.17) is 9.47 Å². The minimum atomic E-state index is -0.486. The van der Waals surface area contributed by atoms with Gasteiger partial charge in [-0.25, -0.2) is 4.79 Å². The maximum Gasteiger partial charge on any atom is 0.349 e. The third-order valence-corrected chi connectivity index (χ3v) is 2.42. The normalized spacial score (nSPS) is 27.5. The topological polar surface area (TPSA) is 47.9 Å². The van der Waals surface area contributed by atoms with E-state index in [0.717, 1.165) is 12.8 Å². The van der Waals surface area contributed by atoms with E-state index in [1.54, 1.807) is 0 Å². The fourth-order valence-electron chi connectivity index (χ4n) is 1.67. The number of ether oxygens (including phenoxy) is 2. The van der Waals surface area contributed by atoms with Crippen molar-refractivity contribution in [3.05, 3.63) is 0 Å². The third-order valence-electron chi connectivity index (χ3n) is 2.42. The summed E-state index contributed by atoms with van der Waals surface area (Å²) in [5.74, 6) is -0.260. The molecule has 0 radical (unpaired) electrons. The van der Waals surface area contributed by atoms with Gasteiger partial charge >= 0.3 is 5.97 Å². The maximum absolute atomic E-state index is 11.4. The molecule has 13 heavy (non-hydrogen) atoms. The van der Waals surface area contributed by atoms with Crippen LogP contribution in [0.1, 0.15) is 25.7 Å². The van der Waals surface area contributed by atoms with Crippen LogP contribution in [0, 0.1) is 0 Å². The van der Waals surface area contributed by atoms with E-state index >= 15 is 0 Å². The predicted molar refractivity (Wildman–Crippen MR) is 46.6 cm³/mol. The van der Waals surface area contributed by atoms with Gasteiger partial charge in [0.15, 0.2) is 6.40 Å². The van der Waals surface area contributed by atoms with Crippen molar-refractivity contribution in [1.82, 2.24) is 0 Å². The van der Waals surface area contributed by atoms with E-state index in [9.17, 15) is 4.79 Å². The molecule has 0 amide bonds. The summed E-state index contributed by atoms with van der Waals surface area (Å²) in [5.41, 5.74) is 0. The molecule has 0 aromatic carbocycles. The van der Waals surface area contributed by atoms with Crippen LogP contribution in [0.4, 0.5) is 0 Å². The molecular formula is C9H13NO3. The average Bonchev–Trinajstić information content (AvgIpc) is 2.74. The molecule has 72 valence electrons. The standard InChI is InChI=1S/C9H13NO3/c11-9(8-5-10-6-12-8)13-7-3-1-2-4-7/h6-8H,1-5H2. The lowest BCUT2D eigenvalue weighted by molar-refractivity contribution is -0.156. The smallest absolute Gasteiger partial charge is 0.349 e. The minimum Gasteiger partial charge on any atom is -0.467 e. The van der Waals surface area contributed by atoms with Gasteiger partial charge in [-0.1, -0.05) is 0 Å². The van der Waals surface area contributed by atoms with Crippen molar-refractivity contribution in [1.29, 1.82) is 0 Å². The second-order valence-electron chi connectivity index (χ2n) is 3.44. The fraction of sp³-hybridized carbons (Fsp3) is 0.778. The van der Waals surface area contributed by atoms with Crippen molar-refractivity contribution in [2.75, 3.05) is 6.54 Å². The molecule has 1 unspecified atom stereocenters. The molecular weight excluding hydrogens is 170 g/mol. The van der Waals surface area contributed by atoms with Gasteiger partial charge in [0, 0.05) is 0 Å². The van der Waals surface area contributed by atoms with Crippen LogP contribution in [0.5, 0.6) is 0 Å². The first-order chi connectivity index (χ1) is 6.36. The Kier molecular flexibility index (Phi) is 2.47. The highest BCUT2D eigenvalue weighted by atomic mass is 16.6. The summed E-state index contributed by atoms with van der Waals surface area (Å²) in [7, 11) is 0. The SMILES string of the molecule is O=C(OC1CCCC1)C1CN=CO1. The molecule has 4 nitrogen and oxygen atoms in total. The first kappa shape index (κ1) is 8.53. The van der Waals surface area contributed by atoms with E-state index in [1.165, 1.54) is 19.2 Å². The molecule has 0 spiro atoms. The lowest BCUT2D eigenvalue weighted by Gasteiger charge is -2.13. The van der Waals surface area contributed by atoms with Crippen molar-refractivity contribution in [2.45, 2.75) is 37.9 Å². The van der Waals surface area contributed by atoms with E-state index < -0.39 is 6.10 Å². The van der Waals surface area contributed by atoms with Crippen LogP contribution >= 0.6 is 0 Å². The van der Waals surface area contributed by atoms with Crippen LogP contribution in [-0.4, -0.2) is 31.1 Å². The van der Waals surface area contributed by atoms with Gasteiger partial charge in [0.05, 0.1) is 6.54 Å². The molecule has 1 fully saturated rings. The Hall–Kier alpha value is -1.06. The number of hydrogen-bond donors (Lipinski definition) is 0. The van der Waals surface area contributed by atoms with E-state index in [-0.39, 0.29) is 12.1 Å². The number of carbonyl (C=O) groups is 1. The maximum atomic E-state index is 11.4. The Morgan fingerprint density at radius 2 is 2.23 bits per heavy atom. The van der Waals surface area contributed by atoms with Gasteiger partial charge in [-0.3, -0.25) is 4.99 Å². The Balaban J connectivity index is 1.77. The van der Waals surface area contributed by atoms with Crippen LogP contribution in [0.15, 0.2) is 4.99 Å². The Bertz CT molecular complexity index is 213. The van der Waals surface area contributed by atoms with Crippen molar-refractivity contribution in [3.8, 4) is 0 Å². The summed E-state index contributed by atoms with van der Waals surface area (Å²) >= 11 is 0. The highest BCUT2D eigenvalue weighted by Crippen LogP contribution is 2.21. The summed E-state index contributed by atoms with van der Waals surface area (Å²) in [6, 6.07) is 0. The summed E-state index contributed by atoms with van der Waals surface area (Å²) in [5, 5.41) is 0. The molecule has 1 atom stereocenters. The average molecular weight is 183 g/mol. The molecule has 0 bridgehead atoms. The van der Waals surface area contributed by atoms with Gasteiger partial charge in [0.2, 0.25) is 6.10 Å². The van der Waals surface area contributed by atoms with Crippen molar-refractivity contribution in [2.24, 2.45) is 4.99 Å². The molecule has 0 saturated heterocycles. The second kappa shape index (κ2) is 3.77. The monoisotopic (exact) mass is 183 g/mol. The van der Waals surface area contributed by atoms with Gasteiger partial charge in [-0.2, -0.15) is 0 Å². The number of rotatable bonds is 2. The highest BCUT2D eigenvalue weighted by molar-refractivity contribution is 5.78. The Morgan fingerprint density at radius 3 is 2.85 bits per heavy atom. The van der Waals surface area contributed by atoms with Gasteiger partial charge < -0.3 is 9.47 Å². The number of nitrogens with zero attached hydrogens (tertiary/aromatic N) is 1. The first-order valence-corrected chi connectivity index (χ1v) is 4.70. The molecule has 0 aromatic heterocycles. The van der Waals surface area contributed by atoms with Crippen molar-refractivity contribution >= 4 is 12.4 Å². The number of aliphatic imine (C=N–C) groups is 1. The molecule has 1 aliphatic heterocycles. The summed E-state index contributed by atoms with van der Waals surface area (Å²) in [4.78, 5) is 15.2. The Labute approximate surface area is 76.9 Å². The molecule has 2 aliphatic rings. The van der Waals surface area contributed by atoms with Crippen LogP contribution in [-0.2, 0) is 14.3 Å². The van der Waals surface area contributed by atoms with E-state index in [0.29, 0.717) is 6.54 Å². The van der Waals surface area contributed by atoms with Crippen LogP contribution in [0.2, 0.25) is 0 Å².